The third kappa shape index (κ3) is 3.81. The maximum Gasteiger partial charge on any atom is 0.341 e. The monoisotopic (exact) mass is 328 g/mol. The molecule has 1 aromatic carbocycles. The molecule has 0 radical (unpaired) electrons. The molecule has 0 aliphatic carbocycles. The lowest BCUT2D eigenvalue weighted by molar-refractivity contribution is 0.243. The van der Waals surface area contributed by atoms with Gasteiger partial charge in [-0.15, -0.1) is 4.40 Å². The summed E-state index contributed by atoms with van der Waals surface area (Å²) in [7, 11) is -1.66. The zero-order chi connectivity index (χ0) is 15.4. The number of hydrogen-bond acceptors (Lipinski definition) is 4. The molecule has 1 aliphatic heterocycles. The Bertz CT molecular complexity index is 606. The number of benzene rings is 1. The smallest absolute Gasteiger partial charge is 0.341 e. The molecule has 0 saturated heterocycles. The lowest BCUT2D eigenvalue weighted by Crippen LogP contribution is -2.31. The summed E-state index contributed by atoms with van der Waals surface area (Å²) < 4.78 is 16.2. The molecule has 0 saturated carbocycles. The third-order valence-electron chi connectivity index (χ3n) is 3.24. The van der Waals surface area contributed by atoms with Crippen LogP contribution in [0.15, 0.2) is 38.7 Å². The van der Waals surface area contributed by atoms with E-state index in [9.17, 15) is 4.21 Å². The summed E-state index contributed by atoms with van der Waals surface area (Å²) in [6.45, 7) is 4.64. The lowest BCUT2D eigenvalue weighted by atomic mass is 10.0. The average Bonchev–Trinajstić information content (AvgIpc) is 2.85. The summed E-state index contributed by atoms with van der Waals surface area (Å²) in [5, 5.41) is 6.36. The molecular formula is C13H17ClN4O2S. The predicted octanol–water partition coefficient (Wildman–Crippen LogP) is 2.33. The van der Waals surface area contributed by atoms with Gasteiger partial charge in [0.1, 0.15) is 0 Å². The van der Waals surface area contributed by atoms with Crippen LogP contribution in [0.5, 0.6) is 0 Å². The van der Waals surface area contributed by atoms with Crippen molar-refractivity contribution in [1.29, 1.82) is 0 Å². The summed E-state index contributed by atoms with van der Waals surface area (Å²) in [6.07, 6.45) is 0.959. The number of halogens is 1. The van der Waals surface area contributed by atoms with Gasteiger partial charge in [-0.05, 0) is 31.5 Å². The van der Waals surface area contributed by atoms with Crippen molar-refractivity contribution in [3.63, 3.8) is 0 Å². The van der Waals surface area contributed by atoms with Crippen LogP contribution in [0.1, 0.15) is 20.3 Å². The normalized spacial score (nSPS) is 20.4. The van der Waals surface area contributed by atoms with Gasteiger partial charge in [-0.2, -0.15) is 11.0 Å². The van der Waals surface area contributed by atoms with Gasteiger partial charge in [0.25, 0.3) is 0 Å². The van der Waals surface area contributed by atoms with Crippen LogP contribution in [0.2, 0.25) is 5.02 Å². The van der Waals surface area contributed by atoms with E-state index in [1.54, 1.807) is 24.3 Å². The first-order valence-corrected chi connectivity index (χ1v) is 7.99. The van der Waals surface area contributed by atoms with Gasteiger partial charge in [0.15, 0.2) is 11.0 Å². The molecule has 1 heterocycles. The maximum atomic E-state index is 12.2. The van der Waals surface area contributed by atoms with Gasteiger partial charge in [0.2, 0.25) is 0 Å². The molecule has 0 bridgehead atoms. The van der Waals surface area contributed by atoms with Crippen molar-refractivity contribution >= 4 is 34.3 Å². The first kappa shape index (κ1) is 15.9. The Labute approximate surface area is 131 Å². The van der Waals surface area contributed by atoms with E-state index < -0.39 is 11.0 Å². The van der Waals surface area contributed by atoms with Gasteiger partial charge >= 0.3 is 6.02 Å². The minimum absolute atomic E-state index is 0.0311. The van der Waals surface area contributed by atoms with Crippen molar-refractivity contribution in [2.45, 2.75) is 25.2 Å². The molecule has 0 amide bonds. The number of hydrazone groups is 1. The van der Waals surface area contributed by atoms with Crippen LogP contribution in [0, 0.1) is 5.92 Å². The lowest BCUT2D eigenvalue weighted by Gasteiger charge is -2.14. The van der Waals surface area contributed by atoms with E-state index in [0.29, 0.717) is 22.4 Å². The highest BCUT2D eigenvalue weighted by Crippen LogP contribution is 2.19. The Balaban J connectivity index is 2.20. The highest BCUT2D eigenvalue weighted by atomic mass is 35.5. The van der Waals surface area contributed by atoms with Gasteiger partial charge in [0, 0.05) is 16.7 Å². The van der Waals surface area contributed by atoms with Gasteiger partial charge in [0.05, 0.1) is 11.4 Å². The van der Waals surface area contributed by atoms with E-state index in [-0.39, 0.29) is 6.02 Å². The summed E-state index contributed by atoms with van der Waals surface area (Å²) in [6, 6.07) is 6.70. The predicted molar refractivity (Wildman–Crippen MR) is 84.2 cm³/mol. The third-order valence-corrected chi connectivity index (χ3v) is 4.45. The highest BCUT2D eigenvalue weighted by Gasteiger charge is 2.26. The fourth-order valence-corrected chi connectivity index (χ4v) is 3.09. The van der Waals surface area contributed by atoms with Gasteiger partial charge < -0.3 is 4.84 Å². The Morgan fingerprint density at radius 3 is 3.00 bits per heavy atom. The minimum atomic E-state index is -1.66. The van der Waals surface area contributed by atoms with Crippen LogP contribution in [0.25, 0.3) is 0 Å². The van der Waals surface area contributed by atoms with Crippen LogP contribution < -0.4 is 5.90 Å². The largest absolute Gasteiger partial charge is 0.371 e. The Morgan fingerprint density at radius 1 is 1.67 bits per heavy atom. The zero-order valence-corrected chi connectivity index (χ0v) is 13.4. The van der Waals surface area contributed by atoms with Crippen LogP contribution in [-0.4, -0.2) is 27.5 Å². The first-order valence-electron chi connectivity index (χ1n) is 6.50. The fourth-order valence-electron chi connectivity index (χ4n) is 2.03. The molecule has 1 aromatic rings. The maximum absolute atomic E-state index is 12.2. The molecule has 6 nitrogen and oxygen atoms in total. The zero-order valence-electron chi connectivity index (χ0n) is 11.8. The van der Waals surface area contributed by atoms with Crippen LogP contribution >= 0.6 is 11.6 Å². The second kappa shape index (κ2) is 7.02. The molecule has 0 spiro atoms. The first-order chi connectivity index (χ1) is 10.0. The van der Waals surface area contributed by atoms with Crippen molar-refractivity contribution in [3.05, 3.63) is 29.3 Å². The molecular weight excluding hydrogens is 312 g/mol. The van der Waals surface area contributed by atoms with Crippen LogP contribution in [0.3, 0.4) is 0 Å². The molecule has 21 heavy (non-hydrogen) atoms. The van der Waals surface area contributed by atoms with E-state index in [1.807, 2.05) is 6.92 Å². The second-order valence-corrected chi connectivity index (χ2v) is 6.22. The molecule has 1 aliphatic rings. The van der Waals surface area contributed by atoms with Crippen molar-refractivity contribution in [2.24, 2.45) is 21.3 Å². The quantitative estimate of drug-likeness (QED) is 0.524. The summed E-state index contributed by atoms with van der Waals surface area (Å²) in [5.41, 5.74) is 0.982. The molecule has 114 valence electrons. The SMILES string of the molecule is CCC1CN(/C(=N/S(=O)c2cccc(Cl)c2)ON)N=C1C. The topological polar surface area (TPSA) is 80.3 Å². The Morgan fingerprint density at radius 2 is 2.43 bits per heavy atom. The van der Waals surface area contributed by atoms with Gasteiger partial charge in [-0.1, -0.05) is 24.6 Å². The van der Waals surface area contributed by atoms with E-state index in [2.05, 4.69) is 16.4 Å². The Hall–Kier alpha value is -1.44. The number of amidine groups is 1. The van der Waals surface area contributed by atoms with E-state index in [1.165, 1.54) is 5.01 Å². The van der Waals surface area contributed by atoms with Crippen molar-refractivity contribution in [3.8, 4) is 0 Å². The van der Waals surface area contributed by atoms with Gasteiger partial charge in [-0.3, -0.25) is 0 Å². The standard InChI is InChI=1S/C13H17ClN4O2S/c1-3-10-8-18(16-9(10)2)13(20-15)17-21(19)12-6-4-5-11(14)7-12/h4-7,10H,3,8,15H2,1-2H3/b17-13-. The van der Waals surface area contributed by atoms with Crippen molar-refractivity contribution in [1.82, 2.24) is 5.01 Å². The summed E-state index contributed by atoms with van der Waals surface area (Å²) >= 11 is 5.87. The molecule has 0 fully saturated rings. The average molecular weight is 329 g/mol. The Kier molecular flexibility index (Phi) is 5.33. The molecule has 2 atom stereocenters. The number of hydrogen-bond donors (Lipinski definition) is 1. The minimum Gasteiger partial charge on any atom is -0.371 e. The van der Waals surface area contributed by atoms with Crippen molar-refractivity contribution < 1.29 is 9.05 Å². The fraction of sp³-hybridized carbons (Fsp3) is 0.385. The molecule has 8 heteroatoms. The molecule has 2 N–H and O–H groups in total. The summed E-state index contributed by atoms with van der Waals surface area (Å²) in [5.74, 6) is 5.56. The summed E-state index contributed by atoms with van der Waals surface area (Å²) in [4.78, 5) is 5.22. The molecule has 2 rings (SSSR count). The van der Waals surface area contributed by atoms with Crippen LogP contribution in [0.4, 0.5) is 0 Å². The molecule has 0 aromatic heterocycles. The van der Waals surface area contributed by atoms with Gasteiger partial charge in [-0.25, -0.2) is 9.22 Å². The number of nitrogens with zero attached hydrogens (tertiary/aromatic N) is 3. The van der Waals surface area contributed by atoms with Crippen molar-refractivity contribution in [2.75, 3.05) is 6.54 Å². The number of nitrogens with two attached hydrogens (primary N) is 1. The van der Waals surface area contributed by atoms with E-state index >= 15 is 0 Å². The van der Waals surface area contributed by atoms with Crippen LogP contribution in [-0.2, 0) is 15.8 Å². The highest BCUT2D eigenvalue weighted by molar-refractivity contribution is 7.83. The van der Waals surface area contributed by atoms with E-state index in [0.717, 1.165) is 12.1 Å². The second-order valence-electron chi connectivity index (χ2n) is 4.63. The number of rotatable bonds is 3. The molecule has 2 unspecified atom stereocenters. The van der Waals surface area contributed by atoms with E-state index in [4.69, 9.17) is 22.3 Å².